The molecule has 1 aliphatic heterocycles. The van der Waals surface area contributed by atoms with Crippen LogP contribution in [0.1, 0.15) is 46.4 Å². The van der Waals surface area contributed by atoms with E-state index in [1.54, 1.807) is 23.9 Å². The van der Waals surface area contributed by atoms with Gasteiger partial charge in [-0.2, -0.15) is 0 Å². The average Bonchev–Trinajstić information content (AvgIpc) is 2.98. The van der Waals surface area contributed by atoms with Crippen molar-refractivity contribution >= 4 is 23.4 Å². The molecule has 0 unspecified atom stereocenters. The van der Waals surface area contributed by atoms with Crippen LogP contribution < -0.4 is 5.32 Å². The quantitative estimate of drug-likeness (QED) is 0.242. The fourth-order valence-electron chi connectivity index (χ4n) is 4.56. The maximum atomic E-state index is 12.7. The van der Waals surface area contributed by atoms with Gasteiger partial charge in [0.1, 0.15) is 0 Å². The van der Waals surface area contributed by atoms with Crippen molar-refractivity contribution in [1.82, 2.24) is 0 Å². The Morgan fingerprint density at radius 3 is 2.26 bits per heavy atom. The molecule has 2 N–H and O–H groups in total. The van der Waals surface area contributed by atoms with E-state index in [9.17, 15) is 9.90 Å². The fraction of sp³-hybridized carbons (Fsp3) is 0.219. The second-order valence-corrected chi connectivity index (χ2v) is 10.5. The molecule has 4 atom stereocenters. The molecule has 0 radical (unpaired) electrons. The summed E-state index contributed by atoms with van der Waals surface area (Å²) in [4.78, 5) is 13.9. The zero-order valence-electron chi connectivity index (χ0n) is 21.2. The number of benzene rings is 4. The van der Waals surface area contributed by atoms with Gasteiger partial charge in [0.2, 0.25) is 0 Å². The van der Waals surface area contributed by atoms with Crippen molar-refractivity contribution in [3.63, 3.8) is 0 Å². The molecule has 5 rings (SSSR count). The Labute approximate surface area is 227 Å². The van der Waals surface area contributed by atoms with Crippen LogP contribution in [0.5, 0.6) is 0 Å². The molecule has 1 aliphatic rings. The minimum Gasteiger partial charge on any atom is -0.392 e. The van der Waals surface area contributed by atoms with E-state index >= 15 is 0 Å². The minimum atomic E-state index is -0.594. The zero-order valence-corrected chi connectivity index (χ0v) is 22.0. The van der Waals surface area contributed by atoms with E-state index in [0.29, 0.717) is 11.3 Å². The Balaban J connectivity index is 1.38. The maximum Gasteiger partial charge on any atom is 0.255 e. The standard InChI is InChI=1S/C32H31NO4S/c1-22-29(21-38-28-13-6-3-7-14-28)36-32(37-30(22)24-17-15-23(20-34)16-18-24)26-11-8-12-27(19-26)33-31(35)25-9-4-2-5-10-25/h2-19,22,29-30,32,34H,20-21H2,1H3,(H,33,35)/t22-,29+,30+,32+/m0/s1. The van der Waals surface area contributed by atoms with Gasteiger partial charge in [-0.3, -0.25) is 4.79 Å². The van der Waals surface area contributed by atoms with Gasteiger partial charge in [0.15, 0.2) is 6.29 Å². The Morgan fingerprint density at radius 1 is 0.842 bits per heavy atom. The van der Waals surface area contributed by atoms with Gasteiger partial charge in [-0.25, -0.2) is 0 Å². The lowest BCUT2D eigenvalue weighted by Crippen LogP contribution is -2.38. The normalized spacial score (nSPS) is 21.1. The van der Waals surface area contributed by atoms with Crippen LogP contribution in [0.2, 0.25) is 0 Å². The number of carbonyl (C=O) groups excluding carboxylic acids is 1. The average molecular weight is 526 g/mol. The number of hydrogen-bond acceptors (Lipinski definition) is 5. The number of amides is 1. The molecule has 4 aromatic rings. The zero-order chi connectivity index (χ0) is 26.3. The van der Waals surface area contributed by atoms with Crippen LogP contribution >= 0.6 is 11.8 Å². The highest BCUT2D eigenvalue weighted by Gasteiger charge is 2.38. The first-order chi connectivity index (χ1) is 18.6. The summed E-state index contributed by atoms with van der Waals surface area (Å²) in [6, 6.07) is 35.0. The maximum absolute atomic E-state index is 12.7. The highest BCUT2D eigenvalue weighted by atomic mass is 32.2. The van der Waals surface area contributed by atoms with Gasteiger partial charge in [0.25, 0.3) is 5.91 Å². The second-order valence-electron chi connectivity index (χ2n) is 9.39. The van der Waals surface area contributed by atoms with Gasteiger partial charge in [-0.1, -0.05) is 79.7 Å². The molecule has 0 bridgehead atoms. The molecular weight excluding hydrogens is 494 g/mol. The van der Waals surface area contributed by atoms with Crippen LogP contribution in [-0.4, -0.2) is 22.9 Å². The SMILES string of the molecule is C[C@H]1[C@@H](CSc2ccccc2)O[C@@H](c2cccc(NC(=O)c3ccccc3)c2)O[C@H]1c1ccc(CO)cc1. The lowest BCUT2D eigenvalue weighted by Gasteiger charge is -2.41. The molecular formula is C32H31NO4S. The van der Waals surface area contributed by atoms with E-state index in [2.05, 4.69) is 24.4 Å². The third kappa shape index (κ3) is 6.34. The Kier molecular flexibility index (Phi) is 8.56. The third-order valence-corrected chi connectivity index (χ3v) is 7.83. The van der Waals surface area contributed by atoms with Crippen LogP contribution in [0, 0.1) is 5.92 Å². The van der Waals surface area contributed by atoms with Crippen molar-refractivity contribution in [2.45, 2.75) is 36.9 Å². The Bertz CT molecular complexity index is 1330. The van der Waals surface area contributed by atoms with Gasteiger partial charge >= 0.3 is 0 Å². The molecule has 5 nitrogen and oxygen atoms in total. The fourth-order valence-corrected chi connectivity index (χ4v) is 5.65. The van der Waals surface area contributed by atoms with Gasteiger partial charge in [0, 0.05) is 33.4 Å². The monoisotopic (exact) mass is 525 g/mol. The number of aliphatic hydroxyl groups excluding tert-OH is 1. The summed E-state index contributed by atoms with van der Waals surface area (Å²) in [6.45, 7) is 2.17. The van der Waals surface area contributed by atoms with E-state index in [1.165, 1.54) is 4.90 Å². The largest absolute Gasteiger partial charge is 0.392 e. The van der Waals surface area contributed by atoms with E-state index in [-0.39, 0.29) is 30.6 Å². The first-order valence-electron chi connectivity index (χ1n) is 12.8. The smallest absolute Gasteiger partial charge is 0.255 e. The number of ether oxygens (including phenoxy) is 2. The first-order valence-corrected chi connectivity index (χ1v) is 13.7. The van der Waals surface area contributed by atoms with Crippen LogP contribution in [0.25, 0.3) is 0 Å². The van der Waals surface area contributed by atoms with Gasteiger partial charge in [-0.15, -0.1) is 11.8 Å². The van der Waals surface area contributed by atoms with Crippen LogP contribution in [-0.2, 0) is 16.1 Å². The Hall–Kier alpha value is -3.42. The van der Waals surface area contributed by atoms with Crippen molar-refractivity contribution in [2.75, 3.05) is 11.1 Å². The summed E-state index contributed by atoms with van der Waals surface area (Å²) in [5.74, 6) is 0.713. The number of anilines is 1. The Morgan fingerprint density at radius 2 is 1.55 bits per heavy atom. The topological polar surface area (TPSA) is 67.8 Å². The van der Waals surface area contributed by atoms with Gasteiger partial charge in [-0.05, 0) is 47.5 Å². The molecule has 0 spiro atoms. The lowest BCUT2D eigenvalue weighted by atomic mass is 9.91. The highest BCUT2D eigenvalue weighted by Crippen LogP contribution is 2.43. The van der Waals surface area contributed by atoms with E-state index in [4.69, 9.17) is 9.47 Å². The molecule has 1 saturated heterocycles. The van der Waals surface area contributed by atoms with Crippen molar-refractivity contribution in [3.8, 4) is 0 Å². The number of carbonyl (C=O) groups is 1. The summed E-state index contributed by atoms with van der Waals surface area (Å²) in [5, 5.41) is 12.5. The molecule has 1 fully saturated rings. The van der Waals surface area contributed by atoms with Crippen LogP contribution in [0.3, 0.4) is 0 Å². The van der Waals surface area contributed by atoms with Crippen molar-refractivity contribution in [1.29, 1.82) is 0 Å². The number of aliphatic hydroxyl groups is 1. The number of rotatable bonds is 8. The van der Waals surface area contributed by atoms with E-state index < -0.39 is 6.29 Å². The summed E-state index contributed by atoms with van der Waals surface area (Å²) >= 11 is 1.77. The molecule has 38 heavy (non-hydrogen) atoms. The van der Waals surface area contributed by atoms with Crippen LogP contribution in [0.4, 0.5) is 5.69 Å². The molecule has 0 aromatic heterocycles. The van der Waals surface area contributed by atoms with Crippen molar-refractivity contribution < 1.29 is 19.4 Å². The predicted octanol–water partition coefficient (Wildman–Crippen LogP) is 7.01. The van der Waals surface area contributed by atoms with Crippen LogP contribution in [0.15, 0.2) is 114 Å². The summed E-state index contributed by atoms with van der Waals surface area (Å²) in [6.07, 6.45) is -0.849. The lowest BCUT2D eigenvalue weighted by molar-refractivity contribution is -0.268. The first kappa shape index (κ1) is 26.2. The third-order valence-electron chi connectivity index (χ3n) is 6.73. The molecule has 0 saturated carbocycles. The van der Waals surface area contributed by atoms with Gasteiger partial charge in [0.05, 0.1) is 18.8 Å². The molecule has 1 amide bonds. The van der Waals surface area contributed by atoms with Gasteiger partial charge < -0.3 is 19.9 Å². The van der Waals surface area contributed by atoms with Crippen molar-refractivity contribution in [3.05, 3.63) is 131 Å². The molecule has 6 heteroatoms. The predicted molar refractivity (Wildman–Crippen MR) is 151 cm³/mol. The number of thioether (sulfide) groups is 1. The summed E-state index contributed by atoms with van der Waals surface area (Å²) in [7, 11) is 0. The van der Waals surface area contributed by atoms with E-state index in [1.807, 2.05) is 84.9 Å². The molecule has 1 heterocycles. The minimum absolute atomic E-state index is 0.00489. The highest BCUT2D eigenvalue weighted by molar-refractivity contribution is 7.99. The van der Waals surface area contributed by atoms with Crippen molar-refractivity contribution in [2.24, 2.45) is 5.92 Å². The summed E-state index contributed by atoms with van der Waals surface area (Å²) in [5.41, 5.74) is 4.03. The summed E-state index contributed by atoms with van der Waals surface area (Å²) < 4.78 is 13.1. The molecule has 194 valence electrons. The molecule has 4 aromatic carbocycles. The second kappa shape index (κ2) is 12.4. The number of nitrogens with one attached hydrogen (secondary N) is 1. The number of hydrogen-bond donors (Lipinski definition) is 2. The van der Waals surface area contributed by atoms with E-state index in [0.717, 1.165) is 22.4 Å². The molecule has 0 aliphatic carbocycles.